The van der Waals surface area contributed by atoms with Gasteiger partial charge in [0.15, 0.2) is 0 Å². The molecule has 6 nitrogen and oxygen atoms in total. The molecule has 0 radical (unpaired) electrons. The van der Waals surface area contributed by atoms with E-state index >= 15 is 0 Å². The van der Waals surface area contributed by atoms with Crippen molar-refractivity contribution in [3.63, 3.8) is 0 Å². The molecule has 1 saturated heterocycles. The summed E-state index contributed by atoms with van der Waals surface area (Å²) in [5, 5.41) is 5.76. The number of anilines is 2. The molecule has 0 unspecified atom stereocenters. The predicted octanol–water partition coefficient (Wildman–Crippen LogP) is 5.06. The van der Waals surface area contributed by atoms with E-state index in [-0.39, 0.29) is 11.9 Å². The minimum Gasteiger partial charge on any atom is -0.496 e. The average molecular weight is 408 g/mol. The summed E-state index contributed by atoms with van der Waals surface area (Å²) in [6.45, 7) is 3.60. The van der Waals surface area contributed by atoms with E-state index in [0.717, 1.165) is 37.1 Å². The smallest absolute Gasteiger partial charge is 0.321 e. The van der Waals surface area contributed by atoms with Crippen molar-refractivity contribution >= 4 is 29.4 Å². The summed E-state index contributed by atoms with van der Waals surface area (Å²) in [4.78, 5) is 26.5. The van der Waals surface area contributed by atoms with Crippen LogP contribution in [0, 0.1) is 6.92 Å². The molecule has 0 aromatic heterocycles. The first-order valence-electron chi connectivity index (χ1n) is 10.3. The predicted molar refractivity (Wildman–Crippen MR) is 121 cm³/mol. The van der Waals surface area contributed by atoms with Crippen LogP contribution in [0.3, 0.4) is 0 Å². The number of carbonyl (C=O) groups excluding carboxylic acids is 2. The van der Waals surface area contributed by atoms with Gasteiger partial charge in [0, 0.05) is 36.1 Å². The zero-order valence-electron chi connectivity index (χ0n) is 17.6. The van der Waals surface area contributed by atoms with E-state index < -0.39 is 0 Å². The summed E-state index contributed by atoms with van der Waals surface area (Å²) in [7, 11) is 1.61. The van der Waals surface area contributed by atoms with Gasteiger partial charge in [0.1, 0.15) is 5.75 Å². The van der Waals surface area contributed by atoms with E-state index in [1.54, 1.807) is 37.5 Å². The zero-order valence-corrected chi connectivity index (χ0v) is 17.6. The highest BCUT2D eigenvalue weighted by atomic mass is 16.5. The van der Waals surface area contributed by atoms with Crippen molar-refractivity contribution in [2.24, 2.45) is 0 Å². The number of ether oxygens (including phenoxy) is 1. The number of amides is 3. The van der Waals surface area contributed by atoms with Crippen LogP contribution in [-0.4, -0.2) is 37.0 Å². The molecule has 6 heteroatoms. The summed E-state index contributed by atoms with van der Waals surface area (Å²) >= 11 is 0. The molecule has 158 valence electrons. The minimum atomic E-state index is -0.236. The molecule has 0 aliphatic carbocycles. The van der Waals surface area contributed by atoms with Crippen molar-refractivity contribution in [1.82, 2.24) is 4.90 Å². The van der Waals surface area contributed by atoms with Crippen LogP contribution in [0.5, 0.6) is 5.75 Å². The number of benzene rings is 2. The normalized spacial score (nSPS) is 14.3. The number of hydrogen-bond donors (Lipinski definition) is 2. The Morgan fingerprint density at radius 1 is 0.933 bits per heavy atom. The second-order valence-corrected chi connectivity index (χ2v) is 7.48. The van der Waals surface area contributed by atoms with Crippen LogP contribution in [0.25, 0.3) is 6.08 Å². The lowest BCUT2D eigenvalue weighted by Gasteiger charge is -2.20. The van der Waals surface area contributed by atoms with Gasteiger partial charge in [0.25, 0.3) is 0 Å². The molecule has 2 aromatic carbocycles. The molecule has 0 bridgehead atoms. The molecule has 1 fully saturated rings. The molecule has 1 aliphatic rings. The lowest BCUT2D eigenvalue weighted by Crippen LogP contribution is -2.35. The standard InChI is InChI=1S/C24H29N3O3/c1-18-7-13-22(30-2)19(17-18)8-14-23(28)25-20-9-11-21(12-10-20)26-24(29)27-15-5-3-4-6-16-27/h7-14,17H,3-6,15-16H2,1-2H3,(H,25,28)(H,26,29)/b14-8+. The zero-order chi connectivity index (χ0) is 21.3. The number of urea groups is 1. The van der Waals surface area contributed by atoms with E-state index in [9.17, 15) is 9.59 Å². The summed E-state index contributed by atoms with van der Waals surface area (Å²) < 4.78 is 5.33. The molecule has 3 amide bonds. The molecule has 2 N–H and O–H groups in total. The molecule has 3 rings (SSSR count). The largest absolute Gasteiger partial charge is 0.496 e. The maximum atomic E-state index is 12.4. The fraction of sp³-hybridized carbons (Fsp3) is 0.333. The van der Waals surface area contributed by atoms with Crippen LogP contribution < -0.4 is 15.4 Å². The topological polar surface area (TPSA) is 70.7 Å². The molecule has 1 heterocycles. The molecule has 1 aliphatic heterocycles. The van der Waals surface area contributed by atoms with Gasteiger partial charge in [-0.25, -0.2) is 4.79 Å². The van der Waals surface area contributed by atoms with Gasteiger partial charge in [-0.15, -0.1) is 0 Å². The van der Waals surface area contributed by atoms with Crippen molar-refractivity contribution in [1.29, 1.82) is 0 Å². The summed E-state index contributed by atoms with van der Waals surface area (Å²) in [5.74, 6) is 0.481. The highest BCUT2D eigenvalue weighted by molar-refractivity contribution is 6.02. The van der Waals surface area contributed by atoms with Crippen molar-refractivity contribution in [2.45, 2.75) is 32.6 Å². The number of hydrogen-bond acceptors (Lipinski definition) is 3. The summed E-state index contributed by atoms with van der Waals surface area (Å²) in [5.41, 5.74) is 3.31. The lowest BCUT2D eigenvalue weighted by atomic mass is 10.1. The maximum Gasteiger partial charge on any atom is 0.321 e. The number of nitrogens with zero attached hydrogens (tertiary/aromatic N) is 1. The fourth-order valence-electron chi connectivity index (χ4n) is 3.45. The monoisotopic (exact) mass is 407 g/mol. The van der Waals surface area contributed by atoms with Gasteiger partial charge in [-0.05, 0) is 62.2 Å². The Bertz CT molecular complexity index is 898. The van der Waals surface area contributed by atoms with Crippen LogP contribution in [0.2, 0.25) is 0 Å². The first-order chi connectivity index (χ1) is 14.5. The third-order valence-corrected chi connectivity index (χ3v) is 5.10. The van der Waals surface area contributed by atoms with E-state index in [1.165, 1.54) is 18.9 Å². The van der Waals surface area contributed by atoms with Crippen LogP contribution in [0.15, 0.2) is 48.5 Å². The lowest BCUT2D eigenvalue weighted by molar-refractivity contribution is -0.111. The van der Waals surface area contributed by atoms with Crippen molar-refractivity contribution in [3.8, 4) is 5.75 Å². The number of methoxy groups -OCH3 is 1. The number of likely N-dealkylation sites (tertiary alicyclic amines) is 1. The van der Waals surface area contributed by atoms with Gasteiger partial charge in [0.2, 0.25) is 5.91 Å². The highest BCUT2D eigenvalue weighted by Gasteiger charge is 2.15. The van der Waals surface area contributed by atoms with Crippen molar-refractivity contribution < 1.29 is 14.3 Å². The highest BCUT2D eigenvalue weighted by Crippen LogP contribution is 2.21. The van der Waals surface area contributed by atoms with Crippen LogP contribution in [-0.2, 0) is 4.79 Å². The van der Waals surface area contributed by atoms with Crippen molar-refractivity contribution in [3.05, 3.63) is 59.7 Å². The molecular weight excluding hydrogens is 378 g/mol. The first kappa shape index (κ1) is 21.4. The van der Waals surface area contributed by atoms with Gasteiger partial charge in [-0.1, -0.05) is 24.5 Å². The van der Waals surface area contributed by atoms with E-state index in [2.05, 4.69) is 10.6 Å². The number of aryl methyl sites for hydroxylation is 1. The third-order valence-electron chi connectivity index (χ3n) is 5.10. The summed E-state index contributed by atoms with van der Waals surface area (Å²) in [6.07, 6.45) is 7.69. The van der Waals surface area contributed by atoms with E-state index in [0.29, 0.717) is 17.1 Å². The van der Waals surface area contributed by atoms with Gasteiger partial charge < -0.3 is 20.3 Å². The SMILES string of the molecule is COc1ccc(C)cc1/C=C/C(=O)Nc1ccc(NC(=O)N2CCCCCC2)cc1. The first-order valence-corrected chi connectivity index (χ1v) is 10.3. The average Bonchev–Trinajstić information content (AvgIpc) is 3.03. The second kappa shape index (κ2) is 10.5. The van der Waals surface area contributed by atoms with Gasteiger partial charge in [0.05, 0.1) is 7.11 Å². The second-order valence-electron chi connectivity index (χ2n) is 7.48. The third kappa shape index (κ3) is 6.11. The Hall–Kier alpha value is -3.28. The Morgan fingerprint density at radius 2 is 1.57 bits per heavy atom. The van der Waals surface area contributed by atoms with Crippen LogP contribution in [0.1, 0.15) is 36.8 Å². The quantitative estimate of drug-likeness (QED) is 0.680. The Morgan fingerprint density at radius 3 is 2.20 bits per heavy atom. The maximum absolute atomic E-state index is 12.4. The molecule has 2 aromatic rings. The van der Waals surface area contributed by atoms with E-state index in [1.807, 2.05) is 30.0 Å². The van der Waals surface area contributed by atoms with E-state index in [4.69, 9.17) is 4.74 Å². The Kier molecular flexibility index (Phi) is 7.49. The molecule has 0 saturated carbocycles. The van der Waals surface area contributed by atoms with Gasteiger partial charge >= 0.3 is 6.03 Å². The van der Waals surface area contributed by atoms with Crippen LogP contribution in [0.4, 0.5) is 16.2 Å². The summed E-state index contributed by atoms with van der Waals surface area (Å²) in [6, 6.07) is 12.9. The fourth-order valence-corrected chi connectivity index (χ4v) is 3.45. The molecule has 0 spiro atoms. The Labute approximate surface area is 177 Å². The molecule has 0 atom stereocenters. The van der Waals surface area contributed by atoms with Crippen molar-refractivity contribution in [2.75, 3.05) is 30.8 Å². The molecule has 30 heavy (non-hydrogen) atoms. The number of nitrogens with one attached hydrogen (secondary N) is 2. The number of carbonyl (C=O) groups is 2. The van der Waals surface area contributed by atoms with Crippen LogP contribution >= 0.6 is 0 Å². The number of rotatable bonds is 5. The van der Waals surface area contributed by atoms with Gasteiger partial charge in [-0.3, -0.25) is 4.79 Å². The minimum absolute atomic E-state index is 0.0660. The molecular formula is C24H29N3O3. The van der Waals surface area contributed by atoms with Gasteiger partial charge in [-0.2, -0.15) is 0 Å². The Balaban J connectivity index is 1.55.